The lowest BCUT2D eigenvalue weighted by atomic mass is 10.3. The van der Waals surface area contributed by atoms with Gasteiger partial charge in [-0.1, -0.05) is 5.16 Å². The zero-order chi connectivity index (χ0) is 15.3. The molecule has 0 fully saturated rings. The SMILES string of the molecule is Cc1cc(NC(=O)NC(C)C(=O)NCC(F)(F)F)no1. The van der Waals surface area contributed by atoms with Gasteiger partial charge in [-0.15, -0.1) is 0 Å². The lowest BCUT2D eigenvalue weighted by Gasteiger charge is -2.14. The van der Waals surface area contributed by atoms with E-state index in [1.165, 1.54) is 13.0 Å². The second-order valence-electron chi connectivity index (χ2n) is 3.98. The number of hydrogen-bond donors (Lipinski definition) is 3. The van der Waals surface area contributed by atoms with Crippen LogP contribution in [0.5, 0.6) is 0 Å². The van der Waals surface area contributed by atoms with Crippen LogP contribution < -0.4 is 16.0 Å². The standard InChI is InChI=1S/C10H13F3N4O3/c1-5-3-7(17-20-5)16-9(19)15-6(2)8(18)14-4-10(11,12)13/h3,6H,4H2,1-2H3,(H,14,18)(H2,15,16,17,19). The van der Waals surface area contributed by atoms with Gasteiger partial charge >= 0.3 is 12.2 Å². The number of carbonyl (C=O) groups excluding carboxylic acids is 2. The number of rotatable bonds is 4. The number of nitrogens with zero attached hydrogens (tertiary/aromatic N) is 1. The number of halogens is 3. The van der Waals surface area contributed by atoms with Gasteiger partial charge in [0.25, 0.3) is 0 Å². The molecule has 0 saturated carbocycles. The smallest absolute Gasteiger partial charge is 0.360 e. The van der Waals surface area contributed by atoms with Crippen molar-refractivity contribution in [1.29, 1.82) is 0 Å². The maximum atomic E-state index is 11.9. The van der Waals surface area contributed by atoms with Crippen molar-refractivity contribution in [2.24, 2.45) is 0 Å². The van der Waals surface area contributed by atoms with Crippen molar-refractivity contribution in [2.45, 2.75) is 26.1 Å². The number of aryl methyl sites for hydroxylation is 1. The summed E-state index contributed by atoms with van der Waals surface area (Å²) >= 11 is 0. The molecule has 0 saturated heterocycles. The Morgan fingerprint density at radius 3 is 2.60 bits per heavy atom. The highest BCUT2D eigenvalue weighted by Crippen LogP contribution is 2.12. The number of nitrogens with one attached hydrogen (secondary N) is 3. The highest BCUT2D eigenvalue weighted by Gasteiger charge is 2.29. The van der Waals surface area contributed by atoms with Gasteiger partial charge in [0.05, 0.1) is 0 Å². The number of alkyl halides is 3. The molecule has 20 heavy (non-hydrogen) atoms. The van der Waals surface area contributed by atoms with Crippen molar-refractivity contribution in [3.05, 3.63) is 11.8 Å². The molecule has 0 aliphatic rings. The van der Waals surface area contributed by atoms with E-state index in [2.05, 4.69) is 15.8 Å². The first-order valence-electron chi connectivity index (χ1n) is 5.52. The van der Waals surface area contributed by atoms with Gasteiger partial charge in [-0.2, -0.15) is 13.2 Å². The quantitative estimate of drug-likeness (QED) is 0.776. The molecular formula is C10H13F3N4O3. The zero-order valence-corrected chi connectivity index (χ0v) is 10.7. The molecule has 7 nitrogen and oxygen atoms in total. The van der Waals surface area contributed by atoms with Crippen molar-refractivity contribution in [2.75, 3.05) is 11.9 Å². The number of carbonyl (C=O) groups is 2. The van der Waals surface area contributed by atoms with E-state index < -0.39 is 30.7 Å². The van der Waals surface area contributed by atoms with Crippen LogP contribution in [0.25, 0.3) is 0 Å². The first-order chi connectivity index (χ1) is 9.17. The number of urea groups is 1. The van der Waals surface area contributed by atoms with E-state index in [1.54, 1.807) is 12.2 Å². The Hall–Kier alpha value is -2.26. The fourth-order valence-corrected chi connectivity index (χ4v) is 1.18. The van der Waals surface area contributed by atoms with Gasteiger partial charge in [0.15, 0.2) is 5.82 Å². The van der Waals surface area contributed by atoms with Gasteiger partial charge < -0.3 is 15.2 Å². The van der Waals surface area contributed by atoms with E-state index in [-0.39, 0.29) is 5.82 Å². The summed E-state index contributed by atoms with van der Waals surface area (Å²) in [5.74, 6) is -0.354. The topological polar surface area (TPSA) is 96.3 Å². The first kappa shape index (κ1) is 15.8. The summed E-state index contributed by atoms with van der Waals surface area (Å²) in [6, 6.07) is -0.480. The van der Waals surface area contributed by atoms with Gasteiger partial charge in [0.1, 0.15) is 18.3 Å². The summed E-state index contributed by atoms with van der Waals surface area (Å²) < 4.78 is 40.4. The Kier molecular flexibility index (Phi) is 4.94. The van der Waals surface area contributed by atoms with Crippen molar-refractivity contribution >= 4 is 17.8 Å². The van der Waals surface area contributed by atoms with Crippen LogP contribution in [0.1, 0.15) is 12.7 Å². The number of aromatic nitrogens is 1. The Balaban J connectivity index is 2.39. The molecule has 1 aromatic rings. The molecule has 1 unspecified atom stereocenters. The van der Waals surface area contributed by atoms with E-state index in [0.717, 1.165) is 0 Å². The number of anilines is 1. The molecular weight excluding hydrogens is 281 g/mol. The molecule has 0 aromatic carbocycles. The largest absolute Gasteiger partial charge is 0.405 e. The Morgan fingerprint density at radius 1 is 1.45 bits per heavy atom. The van der Waals surface area contributed by atoms with Crippen LogP contribution in [0.15, 0.2) is 10.6 Å². The predicted molar refractivity (Wildman–Crippen MR) is 61.9 cm³/mol. The molecule has 1 aromatic heterocycles. The summed E-state index contributed by atoms with van der Waals surface area (Å²) in [6.07, 6.45) is -4.50. The van der Waals surface area contributed by atoms with Crippen molar-refractivity contribution in [3.8, 4) is 0 Å². The van der Waals surface area contributed by atoms with Crippen molar-refractivity contribution in [3.63, 3.8) is 0 Å². The van der Waals surface area contributed by atoms with E-state index >= 15 is 0 Å². The van der Waals surface area contributed by atoms with Crippen LogP contribution in [0.4, 0.5) is 23.8 Å². The minimum atomic E-state index is -4.50. The second-order valence-corrected chi connectivity index (χ2v) is 3.98. The fraction of sp³-hybridized carbons (Fsp3) is 0.500. The molecule has 3 amide bonds. The van der Waals surface area contributed by atoms with Crippen LogP contribution in [-0.2, 0) is 4.79 Å². The third-order valence-electron chi connectivity index (χ3n) is 2.07. The zero-order valence-electron chi connectivity index (χ0n) is 10.7. The Morgan fingerprint density at radius 2 is 2.10 bits per heavy atom. The Labute approximate surface area is 111 Å². The molecule has 112 valence electrons. The average Bonchev–Trinajstić information content (AvgIpc) is 2.70. The van der Waals surface area contributed by atoms with Crippen molar-refractivity contribution in [1.82, 2.24) is 15.8 Å². The third kappa shape index (κ3) is 5.59. The molecule has 10 heteroatoms. The number of hydrogen-bond acceptors (Lipinski definition) is 4. The minimum Gasteiger partial charge on any atom is -0.360 e. The summed E-state index contributed by atoms with van der Waals surface area (Å²) in [6.45, 7) is 1.41. The molecule has 3 N–H and O–H groups in total. The normalized spacial score (nSPS) is 12.7. The lowest BCUT2D eigenvalue weighted by Crippen LogP contribution is -2.48. The summed E-state index contributed by atoms with van der Waals surface area (Å²) in [4.78, 5) is 22.7. The first-order valence-corrected chi connectivity index (χ1v) is 5.52. The molecule has 0 bridgehead atoms. The predicted octanol–water partition coefficient (Wildman–Crippen LogP) is 1.17. The molecule has 1 atom stereocenters. The minimum absolute atomic E-state index is 0.128. The maximum absolute atomic E-state index is 11.9. The lowest BCUT2D eigenvalue weighted by molar-refractivity contribution is -0.139. The molecule has 0 radical (unpaired) electrons. The van der Waals surface area contributed by atoms with Gasteiger partial charge in [0.2, 0.25) is 5.91 Å². The van der Waals surface area contributed by atoms with Gasteiger partial charge in [-0.3, -0.25) is 10.1 Å². The third-order valence-corrected chi connectivity index (χ3v) is 2.07. The van der Waals surface area contributed by atoms with Crippen LogP contribution in [0.2, 0.25) is 0 Å². The molecule has 1 heterocycles. The van der Waals surface area contributed by atoms with Crippen molar-refractivity contribution < 1.29 is 27.3 Å². The van der Waals surface area contributed by atoms with E-state index in [1.807, 2.05) is 0 Å². The molecule has 0 aliphatic carbocycles. The van der Waals surface area contributed by atoms with Crippen LogP contribution in [0.3, 0.4) is 0 Å². The van der Waals surface area contributed by atoms with Gasteiger partial charge in [0, 0.05) is 6.07 Å². The molecule has 0 aliphatic heterocycles. The van der Waals surface area contributed by atoms with E-state index in [9.17, 15) is 22.8 Å². The van der Waals surface area contributed by atoms with Gasteiger partial charge in [-0.05, 0) is 13.8 Å². The summed E-state index contributed by atoms with van der Waals surface area (Å²) in [7, 11) is 0. The van der Waals surface area contributed by atoms with Crippen LogP contribution in [-0.4, -0.2) is 35.9 Å². The van der Waals surface area contributed by atoms with Gasteiger partial charge in [-0.25, -0.2) is 4.79 Å². The average molecular weight is 294 g/mol. The maximum Gasteiger partial charge on any atom is 0.405 e. The monoisotopic (exact) mass is 294 g/mol. The van der Waals surface area contributed by atoms with E-state index in [4.69, 9.17) is 4.52 Å². The summed E-state index contributed by atoms with van der Waals surface area (Å²) in [5, 5.41) is 9.56. The van der Waals surface area contributed by atoms with Crippen LogP contribution >= 0.6 is 0 Å². The molecule has 0 spiro atoms. The Bertz CT molecular complexity index is 486. The molecule has 1 rings (SSSR count). The summed E-state index contributed by atoms with van der Waals surface area (Å²) in [5.41, 5.74) is 0. The highest BCUT2D eigenvalue weighted by atomic mass is 19.4. The number of amides is 3. The van der Waals surface area contributed by atoms with Crippen LogP contribution in [0, 0.1) is 6.92 Å². The fourth-order valence-electron chi connectivity index (χ4n) is 1.18. The second kappa shape index (κ2) is 6.26. The van der Waals surface area contributed by atoms with E-state index in [0.29, 0.717) is 5.76 Å². The highest BCUT2D eigenvalue weighted by molar-refractivity contribution is 5.92.